The van der Waals surface area contributed by atoms with Gasteiger partial charge in [-0.1, -0.05) is 229 Å². The first-order chi connectivity index (χ1) is 40.5. The van der Waals surface area contributed by atoms with Crippen LogP contribution in [0.3, 0.4) is 0 Å². The minimum Gasteiger partial charge on any atom is -0.488 e. The summed E-state index contributed by atoms with van der Waals surface area (Å²) in [7, 11) is 0. The third-order valence-electron chi connectivity index (χ3n) is 18.3. The van der Waals surface area contributed by atoms with Crippen LogP contribution in [0.15, 0.2) is 182 Å². The highest BCUT2D eigenvalue weighted by Gasteiger charge is 2.25. The van der Waals surface area contributed by atoms with Gasteiger partial charge in [-0.15, -0.1) is 0 Å². The molecule has 0 radical (unpaired) electrons. The Hall–Kier alpha value is -8.40. The average Bonchev–Trinajstić information content (AvgIpc) is 3.10. The maximum Gasteiger partial charge on any atom is 0.135 e. The second-order valence-electron chi connectivity index (χ2n) is 25.9. The molecular weight excluding hydrogens is 1020 g/mol. The van der Waals surface area contributed by atoms with E-state index in [1.165, 1.54) is 148 Å². The first-order valence-corrected chi connectivity index (χ1v) is 30.8. The molecule has 12 aromatic carbocycles. The molecule has 0 atom stereocenters. The molecular formula is C81H78O3. The van der Waals surface area contributed by atoms with Gasteiger partial charge >= 0.3 is 0 Å². The van der Waals surface area contributed by atoms with Gasteiger partial charge in [-0.05, 0) is 187 Å². The molecule has 0 aliphatic carbocycles. The fraction of sp³-hybridized carbons (Fsp3) is 0.259. The number of benzene rings is 12. The number of hydrogen-bond donors (Lipinski definition) is 0. The van der Waals surface area contributed by atoms with Gasteiger partial charge < -0.3 is 14.2 Å². The van der Waals surface area contributed by atoms with Crippen LogP contribution in [-0.4, -0.2) is 0 Å². The lowest BCUT2D eigenvalue weighted by Gasteiger charge is -2.24. The lowest BCUT2D eigenvalue weighted by molar-refractivity contribution is 0.303. The predicted molar refractivity (Wildman–Crippen MR) is 358 cm³/mol. The zero-order chi connectivity index (χ0) is 58.2. The van der Waals surface area contributed by atoms with Gasteiger partial charge in [-0.25, -0.2) is 0 Å². The van der Waals surface area contributed by atoms with Crippen molar-refractivity contribution in [1.82, 2.24) is 0 Å². The fourth-order valence-corrected chi connectivity index (χ4v) is 12.9. The summed E-state index contributed by atoms with van der Waals surface area (Å²) in [5.41, 5.74) is 19.7. The summed E-state index contributed by atoms with van der Waals surface area (Å²) in [6.45, 7) is 28.8. The van der Waals surface area contributed by atoms with Crippen molar-refractivity contribution in [2.24, 2.45) is 0 Å². The van der Waals surface area contributed by atoms with Crippen molar-refractivity contribution in [3.05, 3.63) is 232 Å². The monoisotopic (exact) mass is 1100 g/mol. The Bertz CT molecular complexity index is 4080. The molecule has 12 aromatic rings. The first-order valence-electron chi connectivity index (χ1n) is 30.8. The van der Waals surface area contributed by atoms with E-state index in [9.17, 15) is 0 Å². The third kappa shape index (κ3) is 10.1. The maximum absolute atomic E-state index is 6.35. The molecule has 0 spiro atoms. The second kappa shape index (κ2) is 22.0. The van der Waals surface area contributed by atoms with Crippen LogP contribution in [-0.2, 0) is 19.8 Å². The van der Waals surface area contributed by atoms with E-state index in [0.717, 1.165) is 17.2 Å². The van der Waals surface area contributed by atoms with Gasteiger partial charge in [0, 0.05) is 33.2 Å². The lowest BCUT2D eigenvalue weighted by Crippen LogP contribution is -2.07. The molecule has 0 amide bonds. The molecule has 3 aliphatic rings. The van der Waals surface area contributed by atoms with Gasteiger partial charge in [0.05, 0.1) is 0 Å². The standard InChI is InChI=1S/3C27H26O/c1-16(2)18-5-9-22-20(13-18)7-11-24-25-12-8-21-14-19(17(3)4)6-10-23(21)27(25)28-15-26(22)24;1-16(2)18-5-7-20-12-25-24(11-22(20)9-18)15-28-27-14-23-10-19(17(3)4)6-8-21(23)13-26(25)27;1-16(2)18-5-6-20-13-25-24-10-8-21-11-19(17(3)4)7-9-23(21)26(24)15-28-27(25)14-22(20)12-18/h3*5-14,16-17H,15H2,1-4H3. The van der Waals surface area contributed by atoms with Crippen molar-refractivity contribution in [2.45, 2.75) is 138 Å². The summed E-state index contributed by atoms with van der Waals surface area (Å²) in [5, 5.41) is 15.4. The minimum atomic E-state index is 0.532. The van der Waals surface area contributed by atoms with Gasteiger partial charge in [0.15, 0.2) is 0 Å². The van der Waals surface area contributed by atoms with E-state index in [-0.39, 0.29) is 0 Å². The van der Waals surface area contributed by atoms with Gasteiger partial charge in [0.25, 0.3) is 0 Å². The van der Waals surface area contributed by atoms with E-state index >= 15 is 0 Å². The SMILES string of the molecule is CC(C)c1ccc2c3c(ccc2c1)-c1ccc2cc(C(C)C)ccc2c1OC3.CC(C)c1ccc2cc3c(cc2c1)COc1cc2cc(C(C)C)ccc2cc1-3.CC(C)c1ccc2cc3c(cc2c1)OCc1c-3ccc2cc(C(C)C)ccc12. The van der Waals surface area contributed by atoms with E-state index < -0.39 is 0 Å². The van der Waals surface area contributed by atoms with Crippen molar-refractivity contribution in [2.75, 3.05) is 0 Å². The predicted octanol–water partition coefficient (Wildman–Crippen LogP) is 23.4. The molecule has 420 valence electrons. The van der Waals surface area contributed by atoms with Crippen LogP contribution in [0.25, 0.3) is 98.0 Å². The molecule has 0 aromatic heterocycles. The zero-order valence-corrected chi connectivity index (χ0v) is 51.1. The highest BCUT2D eigenvalue weighted by Crippen LogP contribution is 2.47. The number of rotatable bonds is 6. The lowest BCUT2D eigenvalue weighted by atomic mass is 9.89. The van der Waals surface area contributed by atoms with Crippen molar-refractivity contribution in [1.29, 1.82) is 0 Å². The van der Waals surface area contributed by atoms with E-state index in [0.29, 0.717) is 55.3 Å². The summed E-state index contributed by atoms with van der Waals surface area (Å²) in [5.74, 6) is 6.24. The summed E-state index contributed by atoms with van der Waals surface area (Å²) < 4.78 is 18.8. The largest absolute Gasteiger partial charge is 0.488 e. The van der Waals surface area contributed by atoms with Crippen LogP contribution in [0.4, 0.5) is 0 Å². The van der Waals surface area contributed by atoms with Gasteiger partial charge in [0.2, 0.25) is 0 Å². The molecule has 0 unspecified atom stereocenters. The minimum absolute atomic E-state index is 0.532. The second-order valence-corrected chi connectivity index (χ2v) is 25.9. The van der Waals surface area contributed by atoms with Gasteiger partial charge in [-0.2, -0.15) is 0 Å². The topological polar surface area (TPSA) is 27.7 Å². The van der Waals surface area contributed by atoms with Crippen LogP contribution >= 0.6 is 0 Å². The molecule has 0 bridgehead atoms. The normalized spacial score (nSPS) is 13.1. The van der Waals surface area contributed by atoms with E-state index in [2.05, 4.69) is 265 Å². The Kier molecular flexibility index (Phi) is 14.3. The van der Waals surface area contributed by atoms with Crippen LogP contribution in [0, 0.1) is 0 Å². The quantitative estimate of drug-likeness (QED) is 0.166. The smallest absolute Gasteiger partial charge is 0.135 e. The summed E-state index contributed by atoms with van der Waals surface area (Å²) >= 11 is 0. The van der Waals surface area contributed by atoms with E-state index in [1.54, 1.807) is 0 Å². The highest BCUT2D eigenvalue weighted by atomic mass is 16.5. The Labute approximate surface area is 497 Å². The number of ether oxygens (including phenoxy) is 3. The molecule has 84 heavy (non-hydrogen) atoms. The van der Waals surface area contributed by atoms with Crippen LogP contribution in [0.5, 0.6) is 17.2 Å². The van der Waals surface area contributed by atoms with Gasteiger partial charge in [-0.3, -0.25) is 0 Å². The average molecular weight is 1100 g/mol. The van der Waals surface area contributed by atoms with Crippen molar-refractivity contribution in [3.8, 4) is 50.6 Å². The number of hydrogen-bond acceptors (Lipinski definition) is 3. The Morgan fingerprint density at radius 3 is 1.01 bits per heavy atom. The highest BCUT2D eigenvalue weighted by molar-refractivity contribution is 6.02. The van der Waals surface area contributed by atoms with Crippen LogP contribution in [0.1, 0.15) is 169 Å². The van der Waals surface area contributed by atoms with Crippen molar-refractivity contribution >= 4 is 64.6 Å². The fourth-order valence-electron chi connectivity index (χ4n) is 12.9. The third-order valence-corrected chi connectivity index (χ3v) is 18.3. The first kappa shape index (κ1) is 54.8. The van der Waals surface area contributed by atoms with Gasteiger partial charge in [0.1, 0.15) is 37.1 Å². The van der Waals surface area contributed by atoms with E-state index in [4.69, 9.17) is 14.2 Å². The Balaban J connectivity index is 0.000000118. The van der Waals surface area contributed by atoms with Crippen molar-refractivity contribution < 1.29 is 14.2 Å². The molecule has 15 rings (SSSR count). The zero-order valence-electron chi connectivity index (χ0n) is 51.1. The molecule has 0 saturated heterocycles. The van der Waals surface area contributed by atoms with Crippen molar-refractivity contribution in [3.63, 3.8) is 0 Å². The molecule has 3 aliphatic heterocycles. The Morgan fingerprint density at radius 2 is 0.560 bits per heavy atom. The van der Waals surface area contributed by atoms with E-state index in [1.807, 2.05) is 0 Å². The molecule has 3 nitrogen and oxygen atoms in total. The Morgan fingerprint density at radius 1 is 0.238 bits per heavy atom. The molecule has 0 N–H and O–H groups in total. The number of fused-ring (bicyclic) bond motifs is 18. The molecule has 0 fully saturated rings. The molecule has 3 heteroatoms. The molecule has 3 heterocycles. The van der Waals surface area contributed by atoms with Crippen LogP contribution in [0.2, 0.25) is 0 Å². The van der Waals surface area contributed by atoms with Crippen LogP contribution < -0.4 is 14.2 Å². The summed E-state index contributed by atoms with van der Waals surface area (Å²) in [6, 6.07) is 68.1. The summed E-state index contributed by atoms with van der Waals surface area (Å²) in [4.78, 5) is 0. The molecule has 0 saturated carbocycles. The maximum atomic E-state index is 6.35. The summed E-state index contributed by atoms with van der Waals surface area (Å²) in [6.07, 6.45) is 0.